The van der Waals surface area contributed by atoms with E-state index in [9.17, 15) is 5.26 Å². The predicted octanol–water partition coefficient (Wildman–Crippen LogP) is 0.707. The van der Waals surface area contributed by atoms with Crippen molar-refractivity contribution >= 4 is 0 Å². The molecule has 18 heavy (non-hydrogen) atoms. The molecule has 1 aromatic rings. The molecule has 0 N–H and O–H groups in total. The molecule has 94 valence electrons. The highest BCUT2D eigenvalue weighted by Crippen LogP contribution is 2.33. The Bertz CT molecular complexity index is 480. The fraction of sp³-hybridized carbons (Fsp3) is 0.500. The largest absolute Gasteiger partial charge is 0.452 e. The van der Waals surface area contributed by atoms with Gasteiger partial charge in [0.25, 0.3) is 5.88 Å². The standard InChI is InChI=1S/C12H13N3O3/c13-6-10(15-1-3-16-4-2-15)9-5-11-12(14-7-9)18-8-17-11/h5,7,10H,1-4,8H2. The Balaban J connectivity index is 1.85. The van der Waals surface area contributed by atoms with Gasteiger partial charge in [-0.3, -0.25) is 4.90 Å². The number of ether oxygens (including phenoxy) is 3. The molecule has 1 aromatic heterocycles. The van der Waals surface area contributed by atoms with Gasteiger partial charge in [0.05, 0.1) is 19.3 Å². The van der Waals surface area contributed by atoms with E-state index in [1.165, 1.54) is 0 Å². The second-order valence-electron chi connectivity index (χ2n) is 4.16. The third-order valence-electron chi connectivity index (χ3n) is 3.10. The Hall–Kier alpha value is -1.84. The monoisotopic (exact) mass is 247 g/mol. The van der Waals surface area contributed by atoms with E-state index >= 15 is 0 Å². The molecule has 1 saturated heterocycles. The number of hydrogen-bond donors (Lipinski definition) is 0. The predicted molar refractivity (Wildman–Crippen MR) is 61.1 cm³/mol. The van der Waals surface area contributed by atoms with Gasteiger partial charge in [-0.25, -0.2) is 4.98 Å². The van der Waals surface area contributed by atoms with Crippen LogP contribution in [0.15, 0.2) is 12.3 Å². The van der Waals surface area contributed by atoms with Crippen molar-refractivity contribution in [3.63, 3.8) is 0 Å². The van der Waals surface area contributed by atoms with Crippen molar-refractivity contribution in [2.75, 3.05) is 33.1 Å². The number of aromatic nitrogens is 1. The van der Waals surface area contributed by atoms with Crippen LogP contribution in [0.3, 0.4) is 0 Å². The maximum absolute atomic E-state index is 9.35. The van der Waals surface area contributed by atoms with Crippen LogP contribution in [-0.2, 0) is 4.74 Å². The topological polar surface area (TPSA) is 67.6 Å². The molecule has 2 aliphatic rings. The molecule has 3 heterocycles. The van der Waals surface area contributed by atoms with Crippen LogP contribution in [0, 0.1) is 11.3 Å². The highest BCUT2D eigenvalue weighted by molar-refractivity contribution is 5.40. The van der Waals surface area contributed by atoms with Crippen molar-refractivity contribution in [3.8, 4) is 17.7 Å². The number of hydrogen-bond acceptors (Lipinski definition) is 6. The second-order valence-corrected chi connectivity index (χ2v) is 4.16. The van der Waals surface area contributed by atoms with E-state index in [1.54, 1.807) is 6.20 Å². The lowest BCUT2D eigenvalue weighted by Gasteiger charge is -2.30. The molecule has 2 aliphatic heterocycles. The van der Waals surface area contributed by atoms with Crippen LogP contribution in [0.2, 0.25) is 0 Å². The van der Waals surface area contributed by atoms with Gasteiger partial charge in [0, 0.05) is 24.8 Å². The Morgan fingerprint density at radius 3 is 2.94 bits per heavy atom. The Kier molecular flexibility index (Phi) is 3.00. The van der Waals surface area contributed by atoms with Gasteiger partial charge in [-0.1, -0.05) is 0 Å². The van der Waals surface area contributed by atoms with Gasteiger partial charge in [0.15, 0.2) is 5.75 Å². The van der Waals surface area contributed by atoms with E-state index in [1.807, 2.05) is 6.07 Å². The van der Waals surface area contributed by atoms with Gasteiger partial charge in [0.1, 0.15) is 6.04 Å². The van der Waals surface area contributed by atoms with Crippen molar-refractivity contribution in [2.24, 2.45) is 0 Å². The van der Waals surface area contributed by atoms with Gasteiger partial charge < -0.3 is 14.2 Å². The van der Waals surface area contributed by atoms with Gasteiger partial charge in [0.2, 0.25) is 6.79 Å². The van der Waals surface area contributed by atoms with E-state index in [0.29, 0.717) is 24.8 Å². The third kappa shape index (κ3) is 1.98. The molecule has 0 aromatic carbocycles. The minimum atomic E-state index is -0.309. The van der Waals surface area contributed by atoms with Gasteiger partial charge in [-0.2, -0.15) is 5.26 Å². The molecule has 3 rings (SSSR count). The smallest absolute Gasteiger partial charge is 0.260 e. The maximum atomic E-state index is 9.35. The Labute approximate surface area is 105 Å². The summed E-state index contributed by atoms with van der Waals surface area (Å²) in [6.07, 6.45) is 1.68. The summed E-state index contributed by atoms with van der Waals surface area (Å²) in [5, 5.41) is 9.35. The highest BCUT2D eigenvalue weighted by atomic mass is 16.7. The first-order valence-corrected chi connectivity index (χ1v) is 5.85. The molecule has 0 spiro atoms. The summed E-state index contributed by atoms with van der Waals surface area (Å²) in [4.78, 5) is 6.25. The van der Waals surface area contributed by atoms with Crippen LogP contribution in [0.4, 0.5) is 0 Å². The molecule has 6 heteroatoms. The first kappa shape index (κ1) is 11.3. The number of nitrogens with zero attached hydrogens (tertiary/aromatic N) is 3. The zero-order valence-electron chi connectivity index (χ0n) is 9.83. The third-order valence-corrected chi connectivity index (χ3v) is 3.10. The molecule has 1 atom stereocenters. The molecule has 6 nitrogen and oxygen atoms in total. The van der Waals surface area contributed by atoms with Crippen LogP contribution >= 0.6 is 0 Å². The van der Waals surface area contributed by atoms with Crippen LogP contribution in [0.25, 0.3) is 0 Å². The average molecular weight is 247 g/mol. The SMILES string of the molecule is N#CC(c1cnc2c(c1)OCO2)N1CCOCC1. The summed E-state index contributed by atoms with van der Waals surface area (Å²) < 4.78 is 15.7. The summed E-state index contributed by atoms with van der Waals surface area (Å²) in [5.74, 6) is 1.11. The zero-order chi connectivity index (χ0) is 12.4. The Morgan fingerprint density at radius 2 is 2.17 bits per heavy atom. The van der Waals surface area contributed by atoms with Crippen LogP contribution in [0.5, 0.6) is 11.6 Å². The summed E-state index contributed by atoms with van der Waals surface area (Å²) in [7, 11) is 0. The van der Waals surface area contributed by atoms with E-state index < -0.39 is 0 Å². The van der Waals surface area contributed by atoms with Crippen molar-refractivity contribution in [1.82, 2.24) is 9.88 Å². The Morgan fingerprint density at radius 1 is 1.33 bits per heavy atom. The molecule has 1 fully saturated rings. The van der Waals surface area contributed by atoms with Gasteiger partial charge >= 0.3 is 0 Å². The molecule has 0 aliphatic carbocycles. The van der Waals surface area contributed by atoms with Crippen molar-refractivity contribution in [3.05, 3.63) is 17.8 Å². The van der Waals surface area contributed by atoms with E-state index in [4.69, 9.17) is 14.2 Å². The summed E-state index contributed by atoms with van der Waals surface area (Å²) in [5.41, 5.74) is 0.837. The van der Waals surface area contributed by atoms with Crippen molar-refractivity contribution in [1.29, 1.82) is 5.26 Å². The minimum absolute atomic E-state index is 0.195. The lowest BCUT2D eigenvalue weighted by molar-refractivity contribution is 0.0265. The molecule has 0 bridgehead atoms. The first-order chi connectivity index (χ1) is 8.88. The van der Waals surface area contributed by atoms with Crippen LogP contribution < -0.4 is 9.47 Å². The average Bonchev–Trinajstić information content (AvgIpc) is 2.88. The fourth-order valence-electron chi connectivity index (χ4n) is 2.16. The minimum Gasteiger partial charge on any atom is -0.452 e. The number of nitriles is 1. The van der Waals surface area contributed by atoms with E-state index in [2.05, 4.69) is 16.0 Å². The highest BCUT2D eigenvalue weighted by Gasteiger charge is 2.25. The summed E-state index contributed by atoms with van der Waals surface area (Å²) in [6.45, 7) is 3.03. The number of fused-ring (bicyclic) bond motifs is 1. The molecule has 0 radical (unpaired) electrons. The van der Waals surface area contributed by atoms with Crippen LogP contribution in [0.1, 0.15) is 11.6 Å². The van der Waals surface area contributed by atoms with Crippen molar-refractivity contribution in [2.45, 2.75) is 6.04 Å². The maximum Gasteiger partial charge on any atom is 0.260 e. The number of rotatable bonds is 2. The molecule has 0 saturated carbocycles. The van der Waals surface area contributed by atoms with Gasteiger partial charge in [-0.15, -0.1) is 0 Å². The second kappa shape index (κ2) is 4.80. The normalized spacial score (nSPS) is 20.4. The fourth-order valence-corrected chi connectivity index (χ4v) is 2.16. The zero-order valence-corrected chi connectivity index (χ0v) is 9.83. The molecular formula is C12H13N3O3. The van der Waals surface area contributed by atoms with Crippen LogP contribution in [-0.4, -0.2) is 43.0 Å². The van der Waals surface area contributed by atoms with E-state index in [-0.39, 0.29) is 12.8 Å². The lowest BCUT2D eigenvalue weighted by atomic mass is 10.1. The molecular weight excluding hydrogens is 234 g/mol. The van der Waals surface area contributed by atoms with Crippen molar-refractivity contribution < 1.29 is 14.2 Å². The number of morpholine rings is 1. The molecule has 0 amide bonds. The van der Waals surface area contributed by atoms with Gasteiger partial charge in [-0.05, 0) is 6.07 Å². The quantitative estimate of drug-likeness (QED) is 0.766. The lowest BCUT2D eigenvalue weighted by Crippen LogP contribution is -2.38. The van der Waals surface area contributed by atoms with E-state index in [0.717, 1.165) is 18.7 Å². The summed E-state index contributed by atoms with van der Waals surface area (Å²) >= 11 is 0. The first-order valence-electron chi connectivity index (χ1n) is 5.85. The molecule has 1 unspecified atom stereocenters. The summed E-state index contributed by atoms with van der Waals surface area (Å²) in [6, 6.07) is 3.84. The number of pyridine rings is 1.